The molecule has 17 heavy (non-hydrogen) atoms. The molecule has 0 heterocycles. The molecule has 0 radical (unpaired) electrons. The van der Waals surface area contributed by atoms with Crippen molar-refractivity contribution in [1.29, 1.82) is 0 Å². The zero-order valence-corrected chi connectivity index (χ0v) is 11.4. The Labute approximate surface area is 109 Å². The molecule has 3 heteroatoms. The maximum absolute atomic E-state index is 6.11. The van der Waals surface area contributed by atoms with Gasteiger partial charge >= 0.3 is 0 Å². The highest BCUT2D eigenvalue weighted by Gasteiger charge is 2.18. The van der Waals surface area contributed by atoms with E-state index in [0.717, 1.165) is 36.5 Å². The van der Waals surface area contributed by atoms with Crippen LogP contribution in [0.5, 0.6) is 0 Å². The minimum atomic E-state index is -0.0242. The molecule has 2 unspecified atom stereocenters. The number of benzene rings is 1. The molecule has 1 rings (SSSR count). The molecule has 0 aromatic heterocycles. The third kappa shape index (κ3) is 4.66. The highest BCUT2D eigenvalue weighted by atomic mass is 35.5. The monoisotopic (exact) mass is 255 g/mol. The number of hydrogen-bond donors (Lipinski definition) is 1. The van der Waals surface area contributed by atoms with Crippen LogP contribution in [0.3, 0.4) is 0 Å². The average Bonchev–Trinajstić information content (AvgIpc) is 2.35. The highest BCUT2D eigenvalue weighted by molar-refractivity contribution is 6.30. The first-order chi connectivity index (χ1) is 8.19. The largest absolute Gasteiger partial charge is 0.372 e. The summed E-state index contributed by atoms with van der Waals surface area (Å²) in [7, 11) is 0. The molecule has 1 aromatic carbocycles. The fourth-order valence-electron chi connectivity index (χ4n) is 1.69. The van der Waals surface area contributed by atoms with Crippen molar-refractivity contribution in [3.05, 3.63) is 34.9 Å². The molecule has 2 N–H and O–H groups in total. The first-order valence-electron chi connectivity index (χ1n) is 6.31. The molecule has 0 aliphatic heterocycles. The summed E-state index contributed by atoms with van der Waals surface area (Å²) >= 11 is 5.88. The number of hydrogen-bond acceptors (Lipinski definition) is 2. The summed E-state index contributed by atoms with van der Waals surface area (Å²) in [4.78, 5) is 0. The average molecular weight is 256 g/mol. The van der Waals surface area contributed by atoms with Crippen LogP contribution in [-0.4, -0.2) is 12.6 Å². The Hall–Kier alpha value is -0.570. The van der Waals surface area contributed by atoms with Crippen molar-refractivity contribution in [3.8, 4) is 0 Å². The van der Waals surface area contributed by atoms with Crippen LogP contribution in [0.2, 0.25) is 5.02 Å². The molecule has 0 aliphatic rings. The fraction of sp³-hybridized carbons (Fsp3) is 0.571. The predicted molar refractivity (Wildman–Crippen MR) is 73.3 cm³/mol. The van der Waals surface area contributed by atoms with E-state index >= 15 is 0 Å². The van der Waals surface area contributed by atoms with E-state index < -0.39 is 0 Å². The number of rotatable bonds is 7. The molecule has 0 saturated carbocycles. The number of ether oxygens (including phenoxy) is 1. The Bertz CT molecular complexity index is 313. The van der Waals surface area contributed by atoms with Gasteiger partial charge in [0, 0.05) is 17.7 Å². The van der Waals surface area contributed by atoms with Crippen LogP contribution in [0, 0.1) is 0 Å². The lowest BCUT2D eigenvalue weighted by Crippen LogP contribution is -2.29. The third-order valence-electron chi connectivity index (χ3n) is 2.85. The van der Waals surface area contributed by atoms with Crippen molar-refractivity contribution in [2.24, 2.45) is 5.73 Å². The number of nitrogens with two attached hydrogens (primary N) is 1. The van der Waals surface area contributed by atoms with Crippen molar-refractivity contribution in [2.45, 2.75) is 45.3 Å². The van der Waals surface area contributed by atoms with Crippen LogP contribution in [0.1, 0.15) is 44.8 Å². The minimum absolute atomic E-state index is 0.0242. The van der Waals surface area contributed by atoms with Crippen LogP contribution in [-0.2, 0) is 4.74 Å². The summed E-state index contributed by atoms with van der Waals surface area (Å²) in [6, 6.07) is 7.79. The van der Waals surface area contributed by atoms with Gasteiger partial charge in [-0.15, -0.1) is 0 Å². The first kappa shape index (κ1) is 14.5. The Morgan fingerprint density at radius 3 is 2.41 bits per heavy atom. The van der Waals surface area contributed by atoms with E-state index in [-0.39, 0.29) is 12.1 Å². The second kappa shape index (κ2) is 7.70. The summed E-state index contributed by atoms with van der Waals surface area (Å²) in [6.45, 7) is 4.99. The lowest BCUT2D eigenvalue weighted by atomic mass is 10.0. The second-order valence-corrected chi connectivity index (χ2v) is 4.71. The van der Waals surface area contributed by atoms with Crippen LogP contribution in [0.25, 0.3) is 0 Å². The molecular weight excluding hydrogens is 234 g/mol. The van der Waals surface area contributed by atoms with Gasteiger partial charge in [-0.2, -0.15) is 0 Å². The molecular formula is C14H22ClNO. The number of halogens is 1. The maximum atomic E-state index is 6.11. The molecule has 2 atom stereocenters. The van der Waals surface area contributed by atoms with Gasteiger partial charge in [0.05, 0.1) is 6.10 Å². The Morgan fingerprint density at radius 2 is 1.88 bits per heavy atom. The topological polar surface area (TPSA) is 35.2 Å². The Balaban J connectivity index is 2.71. The zero-order valence-electron chi connectivity index (χ0n) is 10.7. The quantitative estimate of drug-likeness (QED) is 0.749. The molecule has 0 saturated heterocycles. The first-order valence-corrected chi connectivity index (χ1v) is 6.69. The lowest BCUT2D eigenvalue weighted by Gasteiger charge is -2.24. The summed E-state index contributed by atoms with van der Waals surface area (Å²) in [6.07, 6.45) is 3.08. The SMILES string of the molecule is CCCCOC(c1ccc(Cl)cc1)C(N)CC. The minimum Gasteiger partial charge on any atom is -0.372 e. The van der Waals surface area contributed by atoms with Crippen molar-refractivity contribution in [2.75, 3.05) is 6.61 Å². The van der Waals surface area contributed by atoms with Crippen molar-refractivity contribution < 1.29 is 4.74 Å². The van der Waals surface area contributed by atoms with Crippen molar-refractivity contribution >= 4 is 11.6 Å². The maximum Gasteiger partial charge on any atom is 0.0975 e. The van der Waals surface area contributed by atoms with Gasteiger partial charge in [-0.3, -0.25) is 0 Å². The molecule has 0 bridgehead atoms. The van der Waals surface area contributed by atoms with Gasteiger partial charge in [0.2, 0.25) is 0 Å². The van der Waals surface area contributed by atoms with E-state index in [9.17, 15) is 0 Å². The van der Waals surface area contributed by atoms with Gasteiger partial charge in [-0.05, 0) is 30.5 Å². The standard InChI is InChI=1S/C14H22ClNO/c1-3-5-10-17-14(13(16)4-2)11-6-8-12(15)9-7-11/h6-9,13-14H,3-5,10,16H2,1-2H3. The van der Waals surface area contributed by atoms with E-state index in [1.54, 1.807) is 0 Å². The molecule has 1 aromatic rings. The molecule has 2 nitrogen and oxygen atoms in total. The zero-order chi connectivity index (χ0) is 12.7. The second-order valence-electron chi connectivity index (χ2n) is 4.27. The number of unbranched alkanes of at least 4 members (excludes halogenated alkanes) is 1. The lowest BCUT2D eigenvalue weighted by molar-refractivity contribution is 0.0318. The third-order valence-corrected chi connectivity index (χ3v) is 3.11. The van der Waals surface area contributed by atoms with Gasteiger partial charge in [0.1, 0.15) is 0 Å². The normalized spacial score (nSPS) is 14.6. The van der Waals surface area contributed by atoms with Crippen LogP contribution < -0.4 is 5.73 Å². The van der Waals surface area contributed by atoms with Gasteiger partial charge in [0.25, 0.3) is 0 Å². The summed E-state index contributed by atoms with van der Waals surface area (Å²) in [5.74, 6) is 0. The smallest absolute Gasteiger partial charge is 0.0975 e. The predicted octanol–water partition coefficient (Wildman–Crippen LogP) is 3.94. The highest BCUT2D eigenvalue weighted by Crippen LogP contribution is 2.24. The van der Waals surface area contributed by atoms with E-state index in [2.05, 4.69) is 13.8 Å². The molecule has 0 fully saturated rings. The Morgan fingerprint density at radius 1 is 1.24 bits per heavy atom. The fourth-order valence-corrected chi connectivity index (χ4v) is 1.81. The van der Waals surface area contributed by atoms with Gasteiger partial charge in [-0.25, -0.2) is 0 Å². The van der Waals surface area contributed by atoms with E-state index in [1.165, 1.54) is 0 Å². The van der Waals surface area contributed by atoms with Crippen molar-refractivity contribution in [3.63, 3.8) is 0 Å². The summed E-state index contributed by atoms with van der Waals surface area (Å²) in [5.41, 5.74) is 7.22. The van der Waals surface area contributed by atoms with E-state index in [0.29, 0.717) is 0 Å². The van der Waals surface area contributed by atoms with Gasteiger partial charge in [0.15, 0.2) is 0 Å². The summed E-state index contributed by atoms with van der Waals surface area (Å²) in [5, 5.41) is 0.742. The van der Waals surface area contributed by atoms with Gasteiger partial charge < -0.3 is 10.5 Å². The molecule has 0 aliphatic carbocycles. The summed E-state index contributed by atoms with van der Waals surface area (Å²) < 4.78 is 5.89. The Kier molecular flexibility index (Phi) is 6.56. The van der Waals surface area contributed by atoms with E-state index in [4.69, 9.17) is 22.1 Å². The van der Waals surface area contributed by atoms with E-state index in [1.807, 2.05) is 24.3 Å². The molecule has 0 spiro atoms. The molecule has 96 valence electrons. The van der Waals surface area contributed by atoms with Crippen LogP contribution in [0.15, 0.2) is 24.3 Å². The van der Waals surface area contributed by atoms with Crippen molar-refractivity contribution in [1.82, 2.24) is 0 Å². The molecule has 0 amide bonds. The van der Waals surface area contributed by atoms with Crippen LogP contribution in [0.4, 0.5) is 0 Å². The van der Waals surface area contributed by atoms with Crippen LogP contribution >= 0.6 is 11.6 Å². The van der Waals surface area contributed by atoms with Gasteiger partial charge in [-0.1, -0.05) is 44.0 Å².